The van der Waals surface area contributed by atoms with Crippen LogP contribution < -0.4 is 18.9 Å². The monoisotopic (exact) mass is 204 g/mol. The van der Waals surface area contributed by atoms with E-state index in [1.54, 1.807) is 31.2 Å². The molecule has 0 fully saturated rings. The minimum absolute atomic E-state index is 0. The van der Waals surface area contributed by atoms with Crippen molar-refractivity contribution >= 4 is 15.7 Å². The molecule has 14 heavy (non-hydrogen) atoms. The molecule has 0 aliphatic heterocycles. The van der Waals surface area contributed by atoms with Gasteiger partial charge in [-0.15, -0.1) is 0 Å². The van der Waals surface area contributed by atoms with Gasteiger partial charge in [0.25, 0.3) is 0 Å². The molecular weight excluding hydrogens is 195 g/mol. The zero-order chi connectivity index (χ0) is 9.90. The summed E-state index contributed by atoms with van der Waals surface area (Å²) in [6.07, 6.45) is 0. The van der Waals surface area contributed by atoms with Gasteiger partial charge in [-0.05, 0) is 18.1 Å². The molecule has 0 radical (unpaired) electrons. The van der Waals surface area contributed by atoms with Gasteiger partial charge in [0.15, 0.2) is 0 Å². The van der Waals surface area contributed by atoms with E-state index < -0.39 is 10.1 Å². The summed E-state index contributed by atoms with van der Waals surface area (Å²) in [5.74, 6) is 0. The van der Waals surface area contributed by atoms with Gasteiger partial charge in [0.05, 0.1) is 0 Å². The number of hydrogen-bond donors (Lipinski definition) is 0. The maximum atomic E-state index is 10.4. The third kappa shape index (κ3) is 4.63. The van der Waals surface area contributed by atoms with Gasteiger partial charge >= 0.3 is 18.9 Å². The Balaban J connectivity index is 0.00000169. The second-order valence-corrected chi connectivity index (χ2v) is 3.88. The summed E-state index contributed by atoms with van der Waals surface area (Å²) in [6.45, 7) is 1.59. The summed E-state index contributed by atoms with van der Waals surface area (Å²) in [5.41, 5.74) is 1.19. The molecule has 0 saturated heterocycles. The third-order valence-electron chi connectivity index (χ3n) is 1.55. The van der Waals surface area contributed by atoms with Crippen molar-refractivity contribution in [2.75, 3.05) is 0 Å². The van der Waals surface area contributed by atoms with Crippen LogP contribution in [0.5, 0.6) is 0 Å². The zero-order valence-corrected chi connectivity index (χ0v) is 8.91. The Bertz CT molecular complexity index is 409. The van der Waals surface area contributed by atoms with Gasteiger partial charge in [-0.1, -0.05) is 30.3 Å². The zero-order valence-electron chi connectivity index (χ0n) is 8.10. The van der Waals surface area contributed by atoms with Gasteiger partial charge in [-0.25, -0.2) is 8.42 Å². The SMILES string of the molecule is CC(=CS(=O)(=O)[O-])c1ccccc1.[Li+]. The van der Waals surface area contributed by atoms with Gasteiger partial charge in [-0.3, -0.25) is 0 Å². The van der Waals surface area contributed by atoms with Gasteiger partial charge in [0, 0.05) is 5.41 Å². The van der Waals surface area contributed by atoms with E-state index in [-0.39, 0.29) is 18.9 Å². The predicted molar refractivity (Wildman–Crippen MR) is 49.8 cm³/mol. The van der Waals surface area contributed by atoms with Crippen LogP contribution in [0.3, 0.4) is 0 Å². The van der Waals surface area contributed by atoms with E-state index in [0.717, 1.165) is 11.0 Å². The summed E-state index contributed by atoms with van der Waals surface area (Å²) < 4.78 is 31.1. The first-order valence-electron chi connectivity index (χ1n) is 3.69. The molecule has 0 unspecified atom stereocenters. The number of hydrogen-bond acceptors (Lipinski definition) is 3. The van der Waals surface area contributed by atoms with E-state index in [2.05, 4.69) is 0 Å². The molecule has 1 rings (SSSR count). The molecular formula is C9H9LiO3S. The molecule has 0 heterocycles. The summed E-state index contributed by atoms with van der Waals surface area (Å²) in [4.78, 5) is 0. The summed E-state index contributed by atoms with van der Waals surface area (Å²) in [7, 11) is -4.28. The van der Waals surface area contributed by atoms with Crippen LogP contribution in [0, 0.1) is 0 Å². The van der Waals surface area contributed by atoms with Crippen LogP contribution in [-0.4, -0.2) is 13.0 Å². The van der Waals surface area contributed by atoms with Crippen LogP contribution >= 0.6 is 0 Å². The van der Waals surface area contributed by atoms with E-state index in [0.29, 0.717) is 5.57 Å². The standard InChI is InChI=1S/C9H10O3S.Li/c1-8(7-13(10,11)12)9-5-3-2-4-6-9;/h2-7H,1H3,(H,10,11,12);/q;+1/p-1. The second-order valence-electron chi connectivity index (χ2n) is 2.66. The molecule has 0 bridgehead atoms. The topological polar surface area (TPSA) is 57.2 Å². The van der Waals surface area contributed by atoms with Crippen LogP contribution in [0.1, 0.15) is 12.5 Å². The molecule has 0 aromatic heterocycles. The second kappa shape index (κ2) is 5.37. The van der Waals surface area contributed by atoms with E-state index in [1.807, 2.05) is 6.07 Å². The molecule has 1 aromatic carbocycles. The Morgan fingerprint density at radius 2 is 1.79 bits per heavy atom. The van der Waals surface area contributed by atoms with Crippen LogP contribution in [-0.2, 0) is 10.1 Å². The van der Waals surface area contributed by atoms with Crippen molar-refractivity contribution in [1.82, 2.24) is 0 Å². The van der Waals surface area contributed by atoms with Crippen LogP contribution in [0.4, 0.5) is 0 Å². The first-order valence-corrected chi connectivity index (χ1v) is 5.16. The van der Waals surface area contributed by atoms with Gasteiger partial charge in [0.2, 0.25) is 0 Å². The fourth-order valence-electron chi connectivity index (χ4n) is 0.986. The first-order chi connectivity index (χ1) is 5.99. The Hall–Kier alpha value is -0.533. The van der Waals surface area contributed by atoms with Crippen LogP contribution in [0.25, 0.3) is 5.57 Å². The Morgan fingerprint density at radius 3 is 2.21 bits per heavy atom. The van der Waals surface area contributed by atoms with Gasteiger partial charge < -0.3 is 4.55 Å². The molecule has 0 aliphatic carbocycles. The minimum atomic E-state index is -4.28. The molecule has 3 nitrogen and oxygen atoms in total. The largest absolute Gasteiger partial charge is 1.00 e. The van der Waals surface area contributed by atoms with Crippen molar-refractivity contribution < 1.29 is 31.8 Å². The van der Waals surface area contributed by atoms with Crippen molar-refractivity contribution in [1.29, 1.82) is 0 Å². The third-order valence-corrected chi connectivity index (χ3v) is 2.19. The molecule has 0 amide bonds. The van der Waals surface area contributed by atoms with Crippen molar-refractivity contribution in [3.05, 3.63) is 41.3 Å². The van der Waals surface area contributed by atoms with Gasteiger partial charge in [-0.2, -0.15) is 0 Å². The smallest absolute Gasteiger partial charge is 0.744 e. The summed E-state index contributed by atoms with van der Waals surface area (Å²) in [6, 6.07) is 8.88. The van der Waals surface area contributed by atoms with Crippen molar-refractivity contribution in [2.45, 2.75) is 6.92 Å². The number of rotatable bonds is 2. The molecule has 70 valence electrons. The van der Waals surface area contributed by atoms with Crippen molar-refractivity contribution in [3.8, 4) is 0 Å². The molecule has 0 N–H and O–H groups in total. The van der Waals surface area contributed by atoms with Crippen LogP contribution in [0.2, 0.25) is 0 Å². The number of allylic oxidation sites excluding steroid dienone is 1. The maximum Gasteiger partial charge on any atom is 1.00 e. The molecule has 1 aromatic rings. The van der Waals surface area contributed by atoms with E-state index in [4.69, 9.17) is 0 Å². The Labute approximate surface area is 95.8 Å². The van der Waals surface area contributed by atoms with Crippen molar-refractivity contribution in [3.63, 3.8) is 0 Å². The summed E-state index contributed by atoms with van der Waals surface area (Å²) in [5, 5.41) is 0.725. The number of benzene rings is 1. The van der Waals surface area contributed by atoms with Crippen LogP contribution in [0.15, 0.2) is 35.7 Å². The van der Waals surface area contributed by atoms with E-state index in [1.165, 1.54) is 0 Å². The average Bonchev–Trinajstić information content (AvgIpc) is 2.03. The predicted octanol–water partition coefficient (Wildman–Crippen LogP) is -1.40. The Kier molecular flexibility index (Phi) is 5.17. The normalized spacial score (nSPS) is 12.0. The molecule has 0 aliphatic rings. The molecule has 0 atom stereocenters. The molecule has 0 saturated carbocycles. The fourth-order valence-corrected chi connectivity index (χ4v) is 1.55. The maximum absolute atomic E-state index is 10.4. The van der Waals surface area contributed by atoms with Gasteiger partial charge in [0.1, 0.15) is 10.1 Å². The summed E-state index contributed by atoms with van der Waals surface area (Å²) >= 11 is 0. The average molecular weight is 204 g/mol. The molecule has 5 heteroatoms. The van der Waals surface area contributed by atoms with E-state index in [9.17, 15) is 13.0 Å². The van der Waals surface area contributed by atoms with E-state index >= 15 is 0 Å². The fraction of sp³-hybridized carbons (Fsp3) is 0.111. The molecule has 0 spiro atoms. The van der Waals surface area contributed by atoms with Crippen molar-refractivity contribution in [2.24, 2.45) is 0 Å². The quantitative estimate of drug-likeness (QED) is 0.439. The minimum Gasteiger partial charge on any atom is -0.744 e. The Morgan fingerprint density at radius 1 is 1.29 bits per heavy atom. The first kappa shape index (κ1) is 13.5.